The van der Waals surface area contributed by atoms with Crippen LogP contribution in [0.1, 0.15) is 49.7 Å². The van der Waals surface area contributed by atoms with Gasteiger partial charge in [0.15, 0.2) is 5.84 Å². The van der Waals surface area contributed by atoms with Crippen LogP contribution in [-0.4, -0.2) is 68.4 Å². The quantitative estimate of drug-likeness (QED) is 0.406. The number of rotatable bonds is 12. The normalized spacial score (nSPS) is 20.6. The van der Waals surface area contributed by atoms with Crippen molar-refractivity contribution in [1.29, 1.82) is 0 Å². The molecule has 8 nitrogen and oxygen atoms in total. The number of aliphatic imine (C=N–C) groups is 2. The van der Waals surface area contributed by atoms with Gasteiger partial charge in [0, 0.05) is 19.2 Å². The van der Waals surface area contributed by atoms with Crippen molar-refractivity contribution in [3.63, 3.8) is 0 Å². The molecule has 2 aliphatic rings. The lowest BCUT2D eigenvalue weighted by atomic mass is 9.82. The van der Waals surface area contributed by atoms with E-state index in [1.807, 2.05) is 30.3 Å². The largest absolute Gasteiger partial charge is 0.481 e. The second-order valence-electron chi connectivity index (χ2n) is 9.93. The van der Waals surface area contributed by atoms with Gasteiger partial charge in [-0.05, 0) is 67.9 Å². The van der Waals surface area contributed by atoms with Crippen LogP contribution in [0.4, 0.5) is 4.39 Å². The molecule has 2 aromatic carbocycles. The van der Waals surface area contributed by atoms with E-state index in [0.717, 1.165) is 18.4 Å². The summed E-state index contributed by atoms with van der Waals surface area (Å²) < 4.78 is 13.6. The Labute approximate surface area is 215 Å². The summed E-state index contributed by atoms with van der Waals surface area (Å²) in [7, 11) is 1.71. The van der Waals surface area contributed by atoms with E-state index in [0.29, 0.717) is 30.1 Å². The number of hydrogen-bond donors (Lipinski definition) is 3. The lowest BCUT2D eigenvalue weighted by Gasteiger charge is -2.31. The zero-order valence-electron chi connectivity index (χ0n) is 20.8. The van der Waals surface area contributed by atoms with Gasteiger partial charge in [0.25, 0.3) is 5.91 Å². The molecule has 0 radical (unpaired) electrons. The van der Waals surface area contributed by atoms with Crippen molar-refractivity contribution in [3.05, 3.63) is 71.5 Å². The van der Waals surface area contributed by atoms with Gasteiger partial charge >= 0.3 is 5.97 Å². The Hall–Kier alpha value is -3.43. The number of amides is 1. The van der Waals surface area contributed by atoms with Crippen LogP contribution in [0.15, 0.2) is 64.6 Å². The Morgan fingerprint density at radius 3 is 2.38 bits per heavy atom. The Morgan fingerprint density at radius 2 is 1.76 bits per heavy atom. The molecule has 3 atom stereocenters. The van der Waals surface area contributed by atoms with Crippen molar-refractivity contribution < 1.29 is 29.3 Å². The minimum atomic E-state index is -1.17. The monoisotopic (exact) mass is 509 g/mol. The van der Waals surface area contributed by atoms with E-state index < -0.39 is 30.1 Å². The summed E-state index contributed by atoms with van der Waals surface area (Å²) in [6.45, 7) is 0.384. The zero-order valence-corrected chi connectivity index (χ0v) is 20.8. The lowest BCUT2D eigenvalue weighted by Crippen LogP contribution is -2.47. The van der Waals surface area contributed by atoms with Crippen molar-refractivity contribution in [1.82, 2.24) is 4.90 Å². The van der Waals surface area contributed by atoms with Crippen molar-refractivity contribution in [2.75, 3.05) is 7.05 Å². The predicted octanol–water partition coefficient (Wildman–Crippen LogP) is 3.20. The molecule has 0 spiro atoms. The molecule has 37 heavy (non-hydrogen) atoms. The lowest BCUT2D eigenvalue weighted by molar-refractivity contribution is -0.139. The fraction of sp³-hybridized carbons (Fsp3) is 0.429. The summed E-state index contributed by atoms with van der Waals surface area (Å²) in [5.41, 5.74) is 0.907. The number of aliphatic hydroxyl groups excluding tert-OH is 2. The number of amidine groups is 1. The van der Waals surface area contributed by atoms with E-state index >= 15 is 0 Å². The van der Waals surface area contributed by atoms with Crippen LogP contribution in [0, 0.1) is 11.7 Å². The number of nitrogens with zero attached hydrogens (tertiary/aromatic N) is 3. The Kier molecular flexibility index (Phi) is 8.14. The molecule has 4 rings (SSSR count). The van der Waals surface area contributed by atoms with Gasteiger partial charge in [0.1, 0.15) is 17.1 Å². The van der Waals surface area contributed by atoms with Gasteiger partial charge in [-0.1, -0.05) is 30.3 Å². The highest BCUT2D eigenvalue weighted by Crippen LogP contribution is 2.48. The number of halogens is 1. The van der Waals surface area contributed by atoms with E-state index in [2.05, 4.69) is 4.99 Å². The average Bonchev–Trinajstić information content (AvgIpc) is 3.64. The highest BCUT2D eigenvalue weighted by Gasteiger charge is 2.54. The second kappa shape index (κ2) is 11.3. The van der Waals surface area contributed by atoms with E-state index in [-0.39, 0.29) is 30.5 Å². The molecule has 0 aromatic heterocycles. The Balaban J connectivity index is 1.61. The third-order valence-electron chi connectivity index (χ3n) is 6.91. The van der Waals surface area contributed by atoms with E-state index in [4.69, 9.17) is 10.1 Å². The molecule has 196 valence electrons. The maximum absolute atomic E-state index is 13.8. The van der Waals surface area contributed by atoms with Crippen molar-refractivity contribution >= 4 is 23.4 Å². The highest BCUT2D eigenvalue weighted by molar-refractivity contribution is 6.46. The summed E-state index contributed by atoms with van der Waals surface area (Å²) >= 11 is 0. The van der Waals surface area contributed by atoms with Crippen LogP contribution in [0.25, 0.3) is 0 Å². The zero-order chi connectivity index (χ0) is 26.6. The van der Waals surface area contributed by atoms with Crippen molar-refractivity contribution in [3.8, 4) is 0 Å². The van der Waals surface area contributed by atoms with Gasteiger partial charge in [-0.2, -0.15) is 0 Å². The summed E-state index contributed by atoms with van der Waals surface area (Å²) in [6.07, 6.45) is -0.441. The maximum atomic E-state index is 13.8. The number of hydrogen-bond acceptors (Lipinski definition) is 6. The third-order valence-corrected chi connectivity index (χ3v) is 6.91. The molecule has 1 heterocycles. The Morgan fingerprint density at radius 1 is 1.08 bits per heavy atom. The van der Waals surface area contributed by atoms with Gasteiger partial charge in [0.2, 0.25) is 0 Å². The van der Waals surface area contributed by atoms with E-state index in [9.17, 15) is 24.2 Å². The van der Waals surface area contributed by atoms with Crippen molar-refractivity contribution in [2.24, 2.45) is 15.9 Å². The number of carbonyl (C=O) groups is 2. The van der Waals surface area contributed by atoms with Gasteiger partial charge in [-0.25, -0.2) is 9.38 Å². The number of carbonyl (C=O) groups excluding carboxylic acids is 1. The number of aliphatic hydroxyl groups is 2. The first kappa shape index (κ1) is 26.6. The Bertz CT molecular complexity index is 1180. The number of benzene rings is 2. The minimum Gasteiger partial charge on any atom is -0.481 e. The summed E-state index contributed by atoms with van der Waals surface area (Å²) in [5, 5.41) is 29.4. The van der Waals surface area contributed by atoms with Crippen molar-refractivity contribution in [2.45, 2.75) is 62.8 Å². The van der Waals surface area contributed by atoms with Crippen LogP contribution < -0.4 is 0 Å². The molecule has 3 N–H and O–H groups in total. The summed E-state index contributed by atoms with van der Waals surface area (Å²) in [6, 6.07) is 15.4. The molecular weight excluding hydrogens is 477 g/mol. The molecule has 1 fully saturated rings. The van der Waals surface area contributed by atoms with E-state index in [1.54, 1.807) is 24.1 Å². The van der Waals surface area contributed by atoms with Crippen LogP contribution in [0.2, 0.25) is 0 Å². The van der Waals surface area contributed by atoms with Gasteiger partial charge in [0.05, 0.1) is 18.6 Å². The molecule has 1 saturated carbocycles. The second-order valence-corrected chi connectivity index (χ2v) is 9.93. The van der Waals surface area contributed by atoms with Gasteiger partial charge < -0.3 is 20.2 Å². The average molecular weight is 510 g/mol. The summed E-state index contributed by atoms with van der Waals surface area (Å²) in [4.78, 5) is 35.9. The first-order valence-corrected chi connectivity index (χ1v) is 12.5. The standard InChI is InChI=1S/C28H32FN3O5/c1-32(17-18-5-3-2-4-6-18)27(37)25-28(20-9-10-20,14-13-22(33)15-23(34)16-24(35)36)31-26(30-25)19-7-11-21(29)12-8-19/h2-8,11-12,20,22-23,33-34H,9-10,13-17H2,1H3,(H,35,36)/t22-,23-,28?/m1/s1. The first-order chi connectivity index (χ1) is 17.7. The van der Waals surface area contributed by atoms with Gasteiger partial charge in [-0.3, -0.25) is 14.6 Å². The SMILES string of the molecule is CN(Cc1ccccc1)C(=O)C1=NC(c2ccc(F)cc2)=NC1(CC[C@@H](O)C[C@@H](O)CC(=O)O)C1CC1. The molecule has 9 heteroatoms. The topological polar surface area (TPSA) is 123 Å². The molecular formula is C28H32FN3O5. The van der Waals surface area contributed by atoms with Gasteiger partial charge in [-0.15, -0.1) is 0 Å². The third kappa shape index (κ3) is 6.47. The number of carboxylic acids is 1. The summed E-state index contributed by atoms with van der Waals surface area (Å²) in [5.74, 6) is -1.38. The molecule has 0 saturated heterocycles. The molecule has 1 unspecified atom stereocenters. The fourth-order valence-corrected chi connectivity index (χ4v) is 4.87. The smallest absolute Gasteiger partial charge is 0.305 e. The molecule has 1 aliphatic carbocycles. The minimum absolute atomic E-state index is 0.0643. The van der Waals surface area contributed by atoms with E-state index in [1.165, 1.54) is 12.1 Å². The highest BCUT2D eigenvalue weighted by atomic mass is 19.1. The molecule has 1 aliphatic heterocycles. The molecule has 2 aromatic rings. The van der Waals surface area contributed by atoms with Crippen LogP contribution in [-0.2, 0) is 16.1 Å². The maximum Gasteiger partial charge on any atom is 0.305 e. The molecule has 0 bridgehead atoms. The van der Waals surface area contributed by atoms with Crippen LogP contribution in [0.5, 0.6) is 0 Å². The van der Waals surface area contributed by atoms with Crippen LogP contribution in [0.3, 0.4) is 0 Å². The number of carboxylic acid groups (broad SMARTS) is 1. The predicted molar refractivity (Wildman–Crippen MR) is 137 cm³/mol. The fourth-order valence-electron chi connectivity index (χ4n) is 4.87. The van der Waals surface area contributed by atoms with Crippen LogP contribution >= 0.6 is 0 Å². The number of aliphatic carboxylic acids is 1. The molecule has 1 amide bonds. The first-order valence-electron chi connectivity index (χ1n) is 12.5.